The third-order valence-electron chi connectivity index (χ3n) is 3.19. The van der Waals surface area contributed by atoms with Gasteiger partial charge < -0.3 is 9.84 Å². The predicted molar refractivity (Wildman–Crippen MR) is 79.3 cm³/mol. The van der Waals surface area contributed by atoms with Crippen LogP contribution in [-0.2, 0) is 6.42 Å². The van der Waals surface area contributed by atoms with Crippen LogP contribution in [0.2, 0.25) is 5.02 Å². The lowest BCUT2D eigenvalue weighted by molar-refractivity contribution is 0.177. The number of aromatic nitrogens is 2. The monoisotopic (exact) mass is 294 g/mol. The molecule has 0 amide bonds. The number of rotatable bonds is 5. The molecule has 1 N–H and O–H groups in total. The molecule has 0 aliphatic carbocycles. The zero-order chi connectivity index (χ0) is 14.7. The Balaban J connectivity index is 2.18. The van der Waals surface area contributed by atoms with E-state index < -0.39 is 6.10 Å². The molecular weight excluding hydrogens is 276 g/mol. The van der Waals surface area contributed by atoms with Gasteiger partial charge in [-0.15, -0.1) is 0 Å². The third kappa shape index (κ3) is 3.32. The molecule has 5 heteroatoms. The van der Waals surface area contributed by atoms with Gasteiger partial charge in [0.05, 0.1) is 19.4 Å². The van der Waals surface area contributed by atoms with E-state index in [0.717, 1.165) is 16.9 Å². The number of nitrogens with zero attached hydrogens (tertiary/aromatic N) is 2. The van der Waals surface area contributed by atoms with Gasteiger partial charge >= 0.3 is 0 Å². The first-order chi connectivity index (χ1) is 9.51. The number of methoxy groups -OCH3 is 1. The third-order valence-corrected chi connectivity index (χ3v) is 3.43. The minimum absolute atomic E-state index is 0.275. The van der Waals surface area contributed by atoms with Crippen LogP contribution in [0.5, 0.6) is 5.75 Å². The van der Waals surface area contributed by atoms with E-state index >= 15 is 0 Å². The van der Waals surface area contributed by atoms with Crippen molar-refractivity contribution in [2.45, 2.75) is 32.4 Å². The van der Waals surface area contributed by atoms with Crippen molar-refractivity contribution in [3.8, 4) is 5.75 Å². The van der Waals surface area contributed by atoms with E-state index in [9.17, 15) is 5.11 Å². The maximum absolute atomic E-state index is 10.3. The zero-order valence-electron chi connectivity index (χ0n) is 11.9. The van der Waals surface area contributed by atoms with Gasteiger partial charge in [0.1, 0.15) is 5.75 Å². The average molecular weight is 295 g/mol. The van der Waals surface area contributed by atoms with Gasteiger partial charge in [-0.25, -0.2) is 0 Å². The Hall–Kier alpha value is -1.52. The zero-order valence-corrected chi connectivity index (χ0v) is 12.6. The predicted octanol–water partition coefficient (Wildman–Crippen LogP) is 3.40. The number of benzene rings is 1. The summed E-state index contributed by atoms with van der Waals surface area (Å²) < 4.78 is 7.12. The van der Waals surface area contributed by atoms with E-state index in [2.05, 4.69) is 5.10 Å². The summed E-state index contributed by atoms with van der Waals surface area (Å²) in [5.74, 6) is 0.727. The maximum atomic E-state index is 10.3. The number of halogens is 1. The van der Waals surface area contributed by atoms with Gasteiger partial charge in [0.25, 0.3) is 0 Å². The lowest BCUT2D eigenvalue weighted by Crippen LogP contribution is -2.03. The summed E-state index contributed by atoms with van der Waals surface area (Å²) in [6, 6.07) is 5.67. The SMILES string of the molecule is COc1ccc(Cl)cc1CC(O)c1cnn(C(C)C)c1. The van der Waals surface area contributed by atoms with Crippen LogP contribution in [0.3, 0.4) is 0 Å². The normalized spacial score (nSPS) is 12.7. The molecule has 2 aromatic rings. The summed E-state index contributed by atoms with van der Waals surface area (Å²) in [5.41, 5.74) is 1.67. The van der Waals surface area contributed by atoms with E-state index in [1.807, 2.05) is 36.9 Å². The summed E-state index contributed by atoms with van der Waals surface area (Å²) in [7, 11) is 1.61. The summed E-state index contributed by atoms with van der Waals surface area (Å²) in [6.45, 7) is 4.09. The Morgan fingerprint density at radius 1 is 1.40 bits per heavy atom. The molecule has 0 saturated heterocycles. The van der Waals surface area contributed by atoms with Crippen molar-refractivity contribution in [3.63, 3.8) is 0 Å². The summed E-state index contributed by atoms with van der Waals surface area (Å²) in [6.07, 6.45) is 3.37. The van der Waals surface area contributed by atoms with E-state index in [1.165, 1.54) is 0 Å². The summed E-state index contributed by atoms with van der Waals surface area (Å²) in [4.78, 5) is 0. The van der Waals surface area contributed by atoms with Gasteiger partial charge in [0, 0.05) is 29.2 Å². The van der Waals surface area contributed by atoms with Crippen LogP contribution < -0.4 is 4.74 Å². The molecule has 108 valence electrons. The molecule has 0 fully saturated rings. The highest BCUT2D eigenvalue weighted by Gasteiger charge is 2.15. The molecule has 0 aliphatic rings. The number of hydrogen-bond donors (Lipinski definition) is 1. The van der Waals surface area contributed by atoms with E-state index in [4.69, 9.17) is 16.3 Å². The van der Waals surface area contributed by atoms with Crippen molar-refractivity contribution in [3.05, 3.63) is 46.7 Å². The smallest absolute Gasteiger partial charge is 0.122 e. The topological polar surface area (TPSA) is 47.3 Å². The molecule has 1 atom stereocenters. The first-order valence-electron chi connectivity index (χ1n) is 6.55. The Morgan fingerprint density at radius 2 is 2.15 bits per heavy atom. The number of hydrogen-bond acceptors (Lipinski definition) is 3. The van der Waals surface area contributed by atoms with Crippen molar-refractivity contribution < 1.29 is 9.84 Å². The molecule has 0 spiro atoms. The fourth-order valence-corrected chi connectivity index (χ4v) is 2.23. The van der Waals surface area contributed by atoms with Gasteiger partial charge in [-0.05, 0) is 37.6 Å². The van der Waals surface area contributed by atoms with Crippen LogP contribution in [0.25, 0.3) is 0 Å². The van der Waals surface area contributed by atoms with Crippen molar-refractivity contribution in [1.82, 2.24) is 9.78 Å². The van der Waals surface area contributed by atoms with Crippen molar-refractivity contribution in [2.75, 3.05) is 7.11 Å². The molecule has 1 unspecified atom stereocenters. The molecular formula is C15H19ClN2O2. The lowest BCUT2D eigenvalue weighted by Gasteiger charge is -2.12. The molecule has 1 aromatic carbocycles. The van der Waals surface area contributed by atoms with Crippen LogP contribution in [0.4, 0.5) is 0 Å². The minimum atomic E-state index is -0.630. The van der Waals surface area contributed by atoms with Gasteiger partial charge in [0.15, 0.2) is 0 Å². The lowest BCUT2D eigenvalue weighted by atomic mass is 10.0. The minimum Gasteiger partial charge on any atom is -0.496 e. The molecule has 0 aliphatic heterocycles. The maximum Gasteiger partial charge on any atom is 0.122 e. The second-order valence-corrected chi connectivity index (χ2v) is 5.46. The molecule has 1 heterocycles. The molecule has 0 saturated carbocycles. The second kappa shape index (κ2) is 6.29. The van der Waals surface area contributed by atoms with Gasteiger partial charge in [-0.1, -0.05) is 11.6 Å². The van der Waals surface area contributed by atoms with Gasteiger partial charge in [-0.2, -0.15) is 5.10 Å². The molecule has 0 bridgehead atoms. The van der Waals surface area contributed by atoms with E-state index in [0.29, 0.717) is 11.4 Å². The van der Waals surface area contributed by atoms with Crippen LogP contribution in [-0.4, -0.2) is 22.0 Å². The van der Waals surface area contributed by atoms with E-state index in [1.54, 1.807) is 19.4 Å². The Kier molecular flexibility index (Phi) is 4.68. The molecule has 20 heavy (non-hydrogen) atoms. The number of aliphatic hydroxyl groups excluding tert-OH is 1. The summed E-state index contributed by atoms with van der Waals surface area (Å²) >= 11 is 6.00. The average Bonchev–Trinajstić information content (AvgIpc) is 2.89. The first kappa shape index (κ1) is 14.9. The summed E-state index contributed by atoms with van der Waals surface area (Å²) in [5, 5.41) is 15.2. The van der Waals surface area contributed by atoms with Crippen molar-refractivity contribution in [1.29, 1.82) is 0 Å². The molecule has 1 aromatic heterocycles. The van der Waals surface area contributed by atoms with Crippen molar-refractivity contribution in [2.24, 2.45) is 0 Å². The van der Waals surface area contributed by atoms with Crippen LogP contribution in [0.15, 0.2) is 30.6 Å². The van der Waals surface area contributed by atoms with Crippen LogP contribution in [0.1, 0.15) is 37.1 Å². The fourth-order valence-electron chi connectivity index (χ4n) is 2.04. The van der Waals surface area contributed by atoms with Crippen LogP contribution >= 0.6 is 11.6 Å². The molecule has 2 rings (SSSR count). The highest BCUT2D eigenvalue weighted by atomic mass is 35.5. The Labute approximate surface area is 123 Å². The Morgan fingerprint density at radius 3 is 2.75 bits per heavy atom. The quantitative estimate of drug-likeness (QED) is 0.919. The number of ether oxygens (including phenoxy) is 1. The number of aliphatic hydroxyl groups is 1. The first-order valence-corrected chi connectivity index (χ1v) is 6.93. The highest BCUT2D eigenvalue weighted by Crippen LogP contribution is 2.27. The largest absolute Gasteiger partial charge is 0.496 e. The van der Waals surface area contributed by atoms with Gasteiger partial charge in [0.2, 0.25) is 0 Å². The molecule has 0 radical (unpaired) electrons. The van der Waals surface area contributed by atoms with Gasteiger partial charge in [-0.3, -0.25) is 4.68 Å². The van der Waals surface area contributed by atoms with Crippen molar-refractivity contribution >= 4 is 11.6 Å². The standard InChI is InChI=1S/C15H19ClN2O2/c1-10(2)18-9-12(8-17-18)14(19)7-11-6-13(16)4-5-15(11)20-3/h4-6,8-10,14,19H,7H2,1-3H3. The van der Waals surface area contributed by atoms with E-state index in [-0.39, 0.29) is 6.04 Å². The second-order valence-electron chi connectivity index (χ2n) is 5.02. The highest BCUT2D eigenvalue weighted by molar-refractivity contribution is 6.30. The molecule has 4 nitrogen and oxygen atoms in total. The Bertz CT molecular complexity index is 581. The fraction of sp³-hybridized carbons (Fsp3) is 0.400. The van der Waals surface area contributed by atoms with Crippen LogP contribution in [0, 0.1) is 0 Å².